The Hall–Kier alpha value is -1.05. The molecular formula is C16H26BNO4S. The first-order chi connectivity index (χ1) is 10.6. The maximum atomic E-state index is 12.0. The lowest BCUT2D eigenvalue weighted by Crippen LogP contribution is -2.41. The molecule has 0 aromatic heterocycles. The van der Waals surface area contributed by atoms with Gasteiger partial charge in [0.2, 0.25) is 10.0 Å². The number of sulfonamides is 1. The van der Waals surface area contributed by atoms with Crippen molar-refractivity contribution >= 4 is 28.3 Å². The van der Waals surface area contributed by atoms with Crippen LogP contribution < -0.4 is 10.2 Å². The van der Waals surface area contributed by atoms with E-state index < -0.39 is 28.3 Å². The third-order valence-corrected chi connectivity index (χ3v) is 5.82. The molecule has 0 amide bonds. The maximum Gasteiger partial charge on any atom is 0.494 e. The molecule has 1 aromatic rings. The zero-order chi connectivity index (χ0) is 17.3. The summed E-state index contributed by atoms with van der Waals surface area (Å²) in [4.78, 5) is 0. The molecule has 1 aliphatic rings. The Morgan fingerprint density at radius 2 is 1.74 bits per heavy atom. The first-order valence-electron chi connectivity index (χ1n) is 8.02. The highest BCUT2D eigenvalue weighted by atomic mass is 32.2. The van der Waals surface area contributed by atoms with E-state index in [1.54, 1.807) is 18.2 Å². The van der Waals surface area contributed by atoms with Gasteiger partial charge in [0.25, 0.3) is 0 Å². The fraction of sp³-hybridized carbons (Fsp3) is 0.625. The van der Waals surface area contributed by atoms with E-state index in [4.69, 9.17) is 9.31 Å². The summed E-state index contributed by atoms with van der Waals surface area (Å²) in [7, 11) is -3.81. The molecule has 1 saturated heterocycles. The monoisotopic (exact) mass is 339 g/mol. The van der Waals surface area contributed by atoms with Gasteiger partial charge in [-0.1, -0.05) is 25.5 Å². The molecule has 0 unspecified atom stereocenters. The average molecular weight is 339 g/mol. The standard InChI is InChI=1S/C16H26BNO4S/c1-6-7-11-23(19,20)18-14-10-8-9-13(12-14)17-21-15(2,3)16(4,5)22-17/h8-10,12,18H,6-7,11H2,1-5H3. The minimum absolute atomic E-state index is 0.129. The summed E-state index contributed by atoms with van der Waals surface area (Å²) in [6.45, 7) is 9.93. The third-order valence-electron chi connectivity index (χ3n) is 4.45. The van der Waals surface area contributed by atoms with Gasteiger partial charge >= 0.3 is 7.12 Å². The predicted octanol–water partition coefficient (Wildman–Crippen LogP) is 2.53. The second-order valence-corrected chi connectivity index (χ2v) is 8.83. The normalized spacial score (nSPS) is 19.8. The molecule has 1 fully saturated rings. The van der Waals surface area contributed by atoms with Gasteiger partial charge in [-0.25, -0.2) is 8.42 Å². The summed E-state index contributed by atoms with van der Waals surface area (Å²) < 4.78 is 38.7. The first-order valence-corrected chi connectivity index (χ1v) is 9.68. The lowest BCUT2D eigenvalue weighted by atomic mass is 9.79. The van der Waals surface area contributed by atoms with Crippen LogP contribution >= 0.6 is 0 Å². The quantitative estimate of drug-likeness (QED) is 0.809. The molecule has 0 bridgehead atoms. The van der Waals surface area contributed by atoms with Crippen LogP contribution in [0.3, 0.4) is 0 Å². The smallest absolute Gasteiger partial charge is 0.399 e. The van der Waals surface area contributed by atoms with Crippen LogP contribution in [0.2, 0.25) is 0 Å². The number of hydrogen-bond donors (Lipinski definition) is 1. The highest BCUT2D eigenvalue weighted by molar-refractivity contribution is 7.92. The van der Waals surface area contributed by atoms with Gasteiger partial charge in [0.15, 0.2) is 0 Å². The molecular weight excluding hydrogens is 313 g/mol. The molecule has 0 aliphatic carbocycles. The van der Waals surface area contributed by atoms with Crippen LogP contribution in [0.5, 0.6) is 0 Å². The summed E-state index contributed by atoms with van der Waals surface area (Å²) >= 11 is 0. The molecule has 1 N–H and O–H groups in total. The van der Waals surface area contributed by atoms with Gasteiger partial charge in [0, 0.05) is 5.69 Å². The summed E-state index contributed by atoms with van der Waals surface area (Å²) in [5.41, 5.74) is 0.496. The van der Waals surface area contributed by atoms with Crippen molar-refractivity contribution in [1.82, 2.24) is 0 Å². The summed E-state index contributed by atoms with van der Waals surface area (Å²) in [6.07, 6.45) is 1.49. The van der Waals surface area contributed by atoms with Crippen LogP contribution in [0.25, 0.3) is 0 Å². The Balaban J connectivity index is 2.15. The van der Waals surface area contributed by atoms with Crippen LogP contribution in [0.4, 0.5) is 5.69 Å². The number of hydrogen-bond acceptors (Lipinski definition) is 4. The van der Waals surface area contributed by atoms with Crippen molar-refractivity contribution in [1.29, 1.82) is 0 Å². The van der Waals surface area contributed by atoms with Crippen molar-refractivity contribution in [2.75, 3.05) is 10.5 Å². The zero-order valence-corrected chi connectivity index (χ0v) is 15.4. The van der Waals surface area contributed by atoms with Crippen LogP contribution in [-0.2, 0) is 19.3 Å². The zero-order valence-electron chi connectivity index (χ0n) is 14.5. The van der Waals surface area contributed by atoms with Crippen LogP contribution in [0.15, 0.2) is 24.3 Å². The average Bonchev–Trinajstić information content (AvgIpc) is 2.65. The summed E-state index contributed by atoms with van der Waals surface area (Å²) in [5.74, 6) is 0.129. The highest BCUT2D eigenvalue weighted by Gasteiger charge is 2.51. The van der Waals surface area contributed by atoms with Crippen molar-refractivity contribution in [3.05, 3.63) is 24.3 Å². The number of benzene rings is 1. The van der Waals surface area contributed by atoms with Crippen LogP contribution in [0, 0.1) is 0 Å². The van der Waals surface area contributed by atoms with E-state index in [1.165, 1.54) is 0 Å². The maximum absolute atomic E-state index is 12.0. The van der Waals surface area contributed by atoms with Crippen molar-refractivity contribution in [2.24, 2.45) is 0 Å². The third kappa shape index (κ3) is 4.28. The number of unbranched alkanes of at least 4 members (excludes halogenated alkanes) is 1. The molecule has 7 heteroatoms. The van der Waals surface area contributed by atoms with Gasteiger partial charge in [-0.3, -0.25) is 4.72 Å². The van der Waals surface area contributed by atoms with E-state index >= 15 is 0 Å². The van der Waals surface area contributed by atoms with Crippen LogP contribution in [-0.4, -0.2) is 32.5 Å². The SMILES string of the molecule is CCCCS(=O)(=O)Nc1cccc(B2OC(C)(C)C(C)(C)O2)c1. The lowest BCUT2D eigenvalue weighted by Gasteiger charge is -2.32. The Morgan fingerprint density at radius 3 is 2.30 bits per heavy atom. The number of anilines is 1. The van der Waals surface area contributed by atoms with Gasteiger partial charge in [-0.2, -0.15) is 0 Å². The van der Waals surface area contributed by atoms with Gasteiger partial charge in [-0.05, 0) is 51.7 Å². The largest absolute Gasteiger partial charge is 0.494 e. The Morgan fingerprint density at radius 1 is 1.13 bits per heavy atom. The summed E-state index contributed by atoms with van der Waals surface area (Å²) in [6, 6.07) is 7.19. The Bertz CT molecular complexity index is 642. The van der Waals surface area contributed by atoms with Crippen molar-refractivity contribution in [3.63, 3.8) is 0 Å². The Kier molecular flexibility index (Phi) is 5.13. The molecule has 23 heavy (non-hydrogen) atoms. The molecule has 1 aliphatic heterocycles. The van der Waals surface area contributed by atoms with E-state index in [0.29, 0.717) is 12.1 Å². The Labute approximate surface area is 140 Å². The summed E-state index contributed by atoms with van der Waals surface area (Å²) in [5, 5.41) is 0. The molecule has 128 valence electrons. The van der Waals surface area contributed by atoms with Gasteiger partial charge in [0.05, 0.1) is 17.0 Å². The van der Waals surface area contributed by atoms with Crippen molar-refractivity contribution < 1.29 is 17.7 Å². The van der Waals surface area contributed by atoms with E-state index in [1.807, 2.05) is 40.7 Å². The molecule has 0 saturated carbocycles. The fourth-order valence-corrected chi connectivity index (χ4v) is 3.55. The molecule has 1 heterocycles. The fourth-order valence-electron chi connectivity index (χ4n) is 2.29. The molecule has 0 spiro atoms. The molecule has 0 radical (unpaired) electrons. The lowest BCUT2D eigenvalue weighted by molar-refractivity contribution is 0.00578. The van der Waals surface area contributed by atoms with E-state index in [-0.39, 0.29) is 5.75 Å². The molecule has 2 rings (SSSR count). The van der Waals surface area contributed by atoms with Crippen molar-refractivity contribution in [2.45, 2.75) is 58.7 Å². The predicted molar refractivity (Wildman–Crippen MR) is 94.5 cm³/mol. The molecule has 0 atom stereocenters. The molecule has 5 nitrogen and oxygen atoms in total. The van der Waals surface area contributed by atoms with Crippen LogP contribution in [0.1, 0.15) is 47.5 Å². The number of rotatable bonds is 6. The minimum atomic E-state index is -3.31. The minimum Gasteiger partial charge on any atom is -0.399 e. The van der Waals surface area contributed by atoms with E-state index in [0.717, 1.165) is 11.9 Å². The van der Waals surface area contributed by atoms with E-state index in [2.05, 4.69) is 4.72 Å². The second-order valence-electron chi connectivity index (χ2n) is 6.99. The number of nitrogens with one attached hydrogen (secondary N) is 1. The topological polar surface area (TPSA) is 64.6 Å². The van der Waals surface area contributed by atoms with Crippen molar-refractivity contribution in [3.8, 4) is 0 Å². The van der Waals surface area contributed by atoms with Gasteiger partial charge in [-0.15, -0.1) is 0 Å². The first kappa shape index (κ1) is 18.3. The second kappa shape index (κ2) is 6.45. The molecule has 1 aromatic carbocycles. The van der Waals surface area contributed by atoms with E-state index in [9.17, 15) is 8.42 Å². The van der Waals surface area contributed by atoms with Gasteiger partial charge < -0.3 is 9.31 Å². The highest BCUT2D eigenvalue weighted by Crippen LogP contribution is 2.36. The van der Waals surface area contributed by atoms with Gasteiger partial charge in [0.1, 0.15) is 0 Å².